The minimum atomic E-state index is -1.23. The number of ether oxygens (including phenoxy) is 1. The minimum Gasteiger partial charge on any atom is -0.396 e. The van der Waals surface area contributed by atoms with Crippen LogP contribution in [-0.2, 0) is 11.2 Å². The lowest BCUT2D eigenvalue weighted by atomic mass is 10.1. The molecule has 0 spiro atoms. The zero-order valence-corrected chi connectivity index (χ0v) is 18.3. The third-order valence-electron chi connectivity index (χ3n) is 6.10. The Bertz CT molecular complexity index is 1260. The fraction of sp³-hybridized carbons (Fsp3) is 0.280. The Morgan fingerprint density at radius 3 is 2.38 bits per heavy atom. The van der Waals surface area contributed by atoms with Gasteiger partial charge in [0.2, 0.25) is 0 Å². The van der Waals surface area contributed by atoms with Gasteiger partial charge in [0.15, 0.2) is 6.23 Å². The van der Waals surface area contributed by atoms with Crippen molar-refractivity contribution in [3.8, 4) is 11.1 Å². The number of aliphatic hydroxyl groups excluding tert-OH is 4. The summed E-state index contributed by atoms with van der Waals surface area (Å²) in [6.07, 6.45) is -0.431. The summed E-state index contributed by atoms with van der Waals surface area (Å²) in [5.41, 5.74) is 4.12. The fourth-order valence-electron chi connectivity index (χ4n) is 4.34. The molecule has 1 saturated heterocycles. The predicted octanol–water partition coefficient (Wildman–Crippen LogP) is 1.99. The first-order valence-electron chi connectivity index (χ1n) is 11.1. The highest BCUT2D eigenvalue weighted by Crippen LogP contribution is 2.39. The maximum absolute atomic E-state index is 10.6. The molecule has 1 aliphatic rings. The Morgan fingerprint density at radius 2 is 1.71 bits per heavy atom. The van der Waals surface area contributed by atoms with E-state index in [2.05, 4.69) is 15.3 Å². The zero-order chi connectivity index (χ0) is 23.7. The number of anilines is 2. The van der Waals surface area contributed by atoms with Crippen LogP contribution in [0.25, 0.3) is 22.2 Å². The molecule has 0 saturated carbocycles. The van der Waals surface area contributed by atoms with Crippen molar-refractivity contribution in [1.29, 1.82) is 0 Å². The molecule has 5 N–H and O–H groups in total. The van der Waals surface area contributed by atoms with E-state index in [1.54, 1.807) is 4.57 Å². The third kappa shape index (κ3) is 4.04. The van der Waals surface area contributed by atoms with E-state index >= 15 is 0 Å². The van der Waals surface area contributed by atoms with Crippen LogP contribution in [0.15, 0.2) is 67.1 Å². The number of fused-ring (bicyclic) bond motifs is 1. The highest BCUT2D eigenvalue weighted by Gasteiger charge is 2.44. The van der Waals surface area contributed by atoms with E-state index in [0.717, 1.165) is 27.8 Å². The molecule has 1 fully saturated rings. The van der Waals surface area contributed by atoms with Gasteiger partial charge in [-0.05, 0) is 29.7 Å². The summed E-state index contributed by atoms with van der Waals surface area (Å²) in [7, 11) is 0. The number of aromatic nitrogens is 3. The van der Waals surface area contributed by atoms with Crippen LogP contribution in [0.4, 0.5) is 11.5 Å². The molecule has 4 aromatic rings. The van der Waals surface area contributed by atoms with Gasteiger partial charge < -0.3 is 35.0 Å². The van der Waals surface area contributed by atoms with Crippen molar-refractivity contribution >= 4 is 22.5 Å². The first-order chi connectivity index (χ1) is 16.6. The lowest BCUT2D eigenvalue weighted by Crippen LogP contribution is -2.33. The smallest absolute Gasteiger partial charge is 0.164 e. The van der Waals surface area contributed by atoms with E-state index in [9.17, 15) is 15.3 Å². The standard InChI is InChI=1S/C25H26N4O5/c30-11-10-15-6-8-17(9-7-15)28-23-20-18(16-4-2-1-3-5-16)12-29(24(20)27-14-26-23)25-22(33)21(32)19(13-31)34-25/h1-9,12,14,19,21-22,25,30-33H,10-11,13H2,(H,26,27,28)/t19-,21+,22+,25+/m0/s1. The van der Waals surface area contributed by atoms with Crippen LogP contribution in [0.1, 0.15) is 11.8 Å². The van der Waals surface area contributed by atoms with Crippen LogP contribution in [0.5, 0.6) is 0 Å². The molecule has 0 aliphatic carbocycles. The molecular formula is C25H26N4O5. The van der Waals surface area contributed by atoms with E-state index in [-0.39, 0.29) is 6.61 Å². The van der Waals surface area contributed by atoms with Crippen molar-refractivity contribution in [2.75, 3.05) is 18.5 Å². The van der Waals surface area contributed by atoms with Crippen LogP contribution in [0.2, 0.25) is 0 Å². The predicted molar refractivity (Wildman–Crippen MR) is 126 cm³/mol. The summed E-state index contributed by atoms with van der Waals surface area (Å²) in [6.45, 7) is -0.318. The monoisotopic (exact) mass is 462 g/mol. The highest BCUT2D eigenvalue weighted by atomic mass is 16.6. The number of rotatable bonds is 7. The second-order valence-corrected chi connectivity index (χ2v) is 8.26. The molecule has 9 nitrogen and oxygen atoms in total. The van der Waals surface area contributed by atoms with Gasteiger partial charge in [0.05, 0.1) is 12.0 Å². The molecule has 0 unspecified atom stereocenters. The third-order valence-corrected chi connectivity index (χ3v) is 6.10. The van der Waals surface area contributed by atoms with Gasteiger partial charge in [-0.15, -0.1) is 0 Å². The van der Waals surface area contributed by atoms with Crippen molar-refractivity contribution < 1.29 is 25.2 Å². The largest absolute Gasteiger partial charge is 0.396 e. The van der Waals surface area contributed by atoms with Gasteiger partial charge in [-0.2, -0.15) is 0 Å². The average Bonchev–Trinajstić information content (AvgIpc) is 3.39. The number of benzene rings is 2. The molecule has 0 amide bonds. The maximum Gasteiger partial charge on any atom is 0.164 e. The summed E-state index contributed by atoms with van der Waals surface area (Å²) < 4.78 is 7.46. The Hall–Kier alpha value is -3.34. The number of nitrogens with one attached hydrogen (secondary N) is 1. The molecule has 1 aliphatic heterocycles. The van der Waals surface area contributed by atoms with Gasteiger partial charge in [0, 0.05) is 24.1 Å². The van der Waals surface area contributed by atoms with Crippen LogP contribution in [-0.4, -0.2) is 66.5 Å². The fourth-order valence-corrected chi connectivity index (χ4v) is 4.34. The van der Waals surface area contributed by atoms with Crippen molar-refractivity contribution in [2.24, 2.45) is 0 Å². The van der Waals surface area contributed by atoms with E-state index in [0.29, 0.717) is 17.9 Å². The lowest BCUT2D eigenvalue weighted by molar-refractivity contribution is -0.0508. The molecule has 2 aromatic heterocycles. The molecule has 5 rings (SSSR count). The second-order valence-electron chi connectivity index (χ2n) is 8.26. The Morgan fingerprint density at radius 1 is 0.941 bits per heavy atom. The second kappa shape index (κ2) is 9.49. The quantitative estimate of drug-likeness (QED) is 0.282. The molecule has 4 atom stereocenters. The lowest BCUT2D eigenvalue weighted by Gasteiger charge is -2.17. The Balaban J connectivity index is 1.62. The summed E-state index contributed by atoms with van der Waals surface area (Å²) in [5, 5.41) is 43.7. The van der Waals surface area contributed by atoms with Crippen molar-refractivity contribution in [1.82, 2.24) is 14.5 Å². The SMILES string of the molecule is OCCc1ccc(Nc2ncnc3c2c(-c2ccccc2)cn3[C@@H]2O[C@@H](CO)[C@@H](O)[C@H]2O)cc1. The van der Waals surface area contributed by atoms with Gasteiger partial charge in [-0.25, -0.2) is 9.97 Å². The first kappa shape index (κ1) is 22.5. The first-order valence-corrected chi connectivity index (χ1v) is 11.1. The Labute approximate surface area is 195 Å². The molecule has 0 radical (unpaired) electrons. The number of nitrogens with zero attached hydrogens (tertiary/aromatic N) is 3. The number of hydrogen-bond acceptors (Lipinski definition) is 8. The van der Waals surface area contributed by atoms with Crippen LogP contribution in [0.3, 0.4) is 0 Å². The van der Waals surface area contributed by atoms with E-state index in [1.165, 1.54) is 6.33 Å². The summed E-state index contributed by atoms with van der Waals surface area (Å²) in [4.78, 5) is 8.96. The highest BCUT2D eigenvalue weighted by molar-refractivity contribution is 6.02. The normalized spacial score (nSPS) is 22.4. The summed E-state index contributed by atoms with van der Waals surface area (Å²) >= 11 is 0. The van der Waals surface area contributed by atoms with Crippen LogP contribution >= 0.6 is 0 Å². The molecular weight excluding hydrogens is 436 g/mol. The van der Waals surface area contributed by atoms with Crippen molar-refractivity contribution in [2.45, 2.75) is 31.0 Å². The van der Waals surface area contributed by atoms with Crippen molar-refractivity contribution in [3.63, 3.8) is 0 Å². The van der Waals surface area contributed by atoms with Gasteiger partial charge in [-0.3, -0.25) is 0 Å². The molecule has 0 bridgehead atoms. The maximum atomic E-state index is 10.6. The molecule has 3 heterocycles. The van der Waals surface area contributed by atoms with E-state index in [1.807, 2.05) is 60.8 Å². The zero-order valence-electron chi connectivity index (χ0n) is 18.3. The van der Waals surface area contributed by atoms with Gasteiger partial charge in [-0.1, -0.05) is 42.5 Å². The molecule has 176 valence electrons. The van der Waals surface area contributed by atoms with Crippen LogP contribution < -0.4 is 5.32 Å². The average molecular weight is 463 g/mol. The summed E-state index contributed by atoms with van der Waals surface area (Å²) in [6, 6.07) is 17.5. The van der Waals surface area contributed by atoms with Crippen LogP contribution in [0, 0.1) is 0 Å². The molecule has 9 heteroatoms. The molecule has 2 aromatic carbocycles. The van der Waals surface area contributed by atoms with E-state index < -0.39 is 31.1 Å². The Kier molecular flexibility index (Phi) is 6.27. The summed E-state index contributed by atoms with van der Waals surface area (Å²) in [5.74, 6) is 0.573. The van der Waals surface area contributed by atoms with Gasteiger partial charge in [0.25, 0.3) is 0 Å². The van der Waals surface area contributed by atoms with Gasteiger partial charge >= 0.3 is 0 Å². The number of aliphatic hydroxyl groups is 4. The minimum absolute atomic E-state index is 0.0915. The van der Waals surface area contributed by atoms with E-state index in [4.69, 9.17) is 9.84 Å². The number of hydrogen-bond donors (Lipinski definition) is 5. The van der Waals surface area contributed by atoms with Gasteiger partial charge in [0.1, 0.15) is 36.1 Å². The molecule has 34 heavy (non-hydrogen) atoms. The van der Waals surface area contributed by atoms with Crippen molar-refractivity contribution in [3.05, 3.63) is 72.7 Å². The topological polar surface area (TPSA) is 133 Å².